The Kier molecular flexibility index (Phi) is 7.61. The molecule has 172 valence electrons. The number of ether oxygens (including phenoxy) is 1. The molecule has 1 fully saturated rings. The van der Waals surface area contributed by atoms with Gasteiger partial charge in [0.25, 0.3) is 0 Å². The van der Waals surface area contributed by atoms with E-state index in [0.29, 0.717) is 31.7 Å². The second-order valence-electron chi connectivity index (χ2n) is 8.42. The number of pyridine rings is 1. The number of thiophene rings is 1. The molecule has 6 nitrogen and oxygen atoms in total. The van der Waals surface area contributed by atoms with Crippen LogP contribution in [-0.4, -0.2) is 52.8 Å². The lowest BCUT2D eigenvalue weighted by Gasteiger charge is -2.36. The number of aliphatic hydroxyl groups is 1. The van der Waals surface area contributed by atoms with Crippen molar-refractivity contribution < 1.29 is 19.7 Å². The third kappa shape index (κ3) is 5.72. The van der Waals surface area contributed by atoms with Gasteiger partial charge < -0.3 is 14.9 Å². The van der Waals surface area contributed by atoms with Crippen LogP contribution in [-0.2, 0) is 4.79 Å². The van der Waals surface area contributed by atoms with Crippen molar-refractivity contribution in [3.8, 4) is 17.6 Å². The molecule has 0 saturated carbocycles. The maximum absolute atomic E-state index is 12.0. The lowest BCUT2D eigenvalue weighted by Crippen LogP contribution is -2.44. The Balaban J connectivity index is 1.38. The molecule has 0 spiro atoms. The number of carboxylic acid groups (broad SMARTS) is 1. The van der Waals surface area contributed by atoms with Crippen LogP contribution in [0.2, 0.25) is 0 Å². The molecule has 0 aliphatic carbocycles. The smallest absolute Gasteiger partial charge is 0.308 e. The number of rotatable bonds is 7. The Morgan fingerprint density at radius 3 is 3.00 bits per heavy atom. The number of likely N-dealkylation sites (tertiary alicyclic amines) is 1. The summed E-state index contributed by atoms with van der Waals surface area (Å²) in [7, 11) is 1.61. The number of carboxylic acids is 1. The Morgan fingerprint density at radius 2 is 2.24 bits per heavy atom. The first-order valence-corrected chi connectivity index (χ1v) is 12.1. The summed E-state index contributed by atoms with van der Waals surface area (Å²) in [6, 6.07) is 9.42. The molecule has 2 N–H and O–H groups in total. The molecule has 1 saturated heterocycles. The minimum Gasteiger partial charge on any atom is -0.497 e. The number of fused-ring (bicyclic) bond motifs is 1. The van der Waals surface area contributed by atoms with Gasteiger partial charge in [-0.2, -0.15) is 11.3 Å². The molecular weight excluding hydrogens is 436 g/mol. The molecule has 0 amide bonds. The van der Waals surface area contributed by atoms with Crippen LogP contribution in [0.3, 0.4) is 0 Å². The molecule has 2 aromatic heterocycles. The zero-order chi connectivity index (χ0) is 23.2. The lowest BCUT2D eigenvalue weighted by molar-refractivity contribution is -0.146. The fourth-order valence-corrected chi connectivity index (χ4v) is 5.11. The van der Waals surface area contributed by atoms with Gasteiger partial charge in [-0.3, -0.25) is 14.7 Å². The van der Waals surface area contributed by atoms with Crippen molar-refractivity contribution in [2.75, 3.05) is 26.7 Å². The Hall–Kier alpha value is -2.92. The van der Waals surface area contributed by atoms with E-state index in [9.17, 15) is 15.0 Å². The molecular formula is C26H28N2O4S. The van der Waals surface area contributed by atoms with Crippen molar-refractivity contribution >= 4 is 28.2 Å². The number of hydrogen-bond donors (Lipinski definition) is 2. The summed E-state index contributed by atoms with van der Waals surface area (Å²) in [6.07, 6.45) is 2.95. The molecule has 7 heteroatoms. The predicted molar refractivity (Wildman–Crippen MR) is 129 cm³/mol. The summed E-state index contributed by atoms with van der Waals surface area (Å²) in [5.74, 6) is 5.81. The number of aliphatic hydroxyl groups excluding tert-OH is 1. The maximum Gasteiger partial charge on any atom is 0.308 e. The van der Waals surface area contributed by atoms with Crippen molar-refractivity contribution in [1.29, 1.82) is 0 Å². The summed E-state index contributed by atoms with van der Waals surface area (Å²) in [5, 5.41) is 25.7. The van der Waals surface area contributed by atoms with Crippen molar-refractivity contribution in [2.24, 2.45) is 11.8 Å². The molecule has 4 rings (SSSR count). The van der Waals surface area contributed by atoms with Crippen LogP contribution >= 0.6 is 11.3 Å². The lowest BCUT2D eigenvalue weighted by atomic mass is 9.81. The van der Waals surface area contributed by atoms with Gasteiger partial charge in [-0.15, -0.1) is 0 Å². The summed E-state index contributed by atoms with van der Waals surface area (Å²) in [5.41, 5.74) is 2.60. The van der Waals surface area contributed by atoms with Crippen molar-refractivity contribution in [1.82, 2.24) is 9.88 Å². The Morgan fingerprint density at radius 1 is 1.36 bits per heavy atom. The van der Waals surface area contributed by atoms with Crippen LogP contribution in [0.5, 0.6) is 5.75 Å². The highest BCUT2D eigenvalue weighted by Crippen LogP contribution is 2.33. The average Bonchev–Trinajstić information content (AvgIpc) is 3.35. The van der Waals surface area contributed by atoms with Crippen molar-refractivity contribution in [3.05, 3.63) is 58.4 Å². The average molecular weight is 465 g/mol. The van der Waals surface area contributed by atoms with Gasteiger partial charge in [0.15, 0.2) is 0 Å². The van der Waals surface area contributed by atoms with E-state index in [1.807, 2.05) is 41.1 Å². The quantitative estimate of drug-likeness (QED) is 0.510. The Bertz CT molecular complexity index is 1150. The van der Waals surface area contributed by atoms with Crippen LogP contribution < -0.4 is 4.74 Å². The van der Waals surface area contributed by atoms with E-state index in [1.165, 1.54) is 0 Å². The number of nitrogens with zero attached hydrogens (tertiary/aromatic N) is 2. The number of piperidine rings is 1. The van der Waals surface area contributed by atoms with Crippen LogP contribution in [0.1, 0.15) is 36.5 Å². The second kappa shape index (κ2) is 10.8. The van der Waals surface area contributed by atoms with E-state index in [1.54, 1.807) is 24.6 Å². The van der Waals surface area contributed by atoms with Crippen LogP contribution in [0.15, 0.2) is 47.3 Å². The highest BCUT2D eigenvalue weighted by atomic mass is 32.1. The summed E-state index contributed by atoms with van der Waals surface area (Å²) >= 11 is 1.61. The zero-order valence-corrected chi connectivity index (χ0v) is 19.4. The molecule has 3 heterocycles. The first-order valence-electron chi connectivity index (χ1n) is 11.1. The van der Waals surface area contributed by atoms with E-state index in [2.05, 4.69) is 21.7 Å². The van der Waals surface area contributed by atoms with Gasteiger partial charge in [0.1, 0.15) is 5.75 Å². The van der Waals surface area contributed by atoms with Gasteiger partial charge in [0.05, 0.1) is 31.2 Å². The SMILES string of the molecule is COc1ccc2nccc([C@@H](O)CC[C@@H]3CCN(CC#Cc4ccsc4)C[C@@H]3C(=O)O)c2c1. The van der Waals surface area contributed by atoms with E-state index >= 15 is 0 Å². The third-order valence-corrected chi connectivity index (χ3v) is 7.05. The first kappa shape index (κ1) is 23.2. The topological polar surface area (TPSA) is 82.9 Å². The minimum absolute atomic E-state index is 0.0286. The molecule has 1 aliphatic heterocycles. The van der Waals surface area contributed by atoms with E-state index in [0.717, 1.165) is 35.0 Å². The van der Waals surface area contributed by atoms with E-state index < -0.39 is 18.0 Å². The Labute approximate surface area is 197 Å². The molecule has 1 aliphatic rings. The number of aromatic nitrogens is 1. The van der Waals surface area contributed by atoms with Gasteiger partial charge in [0.2, 0.25) is 0 Å². The van der Waals surface area contributed by atoms with Crippen molar-refractivity contribution in [3.63, 3.8) is 0 Å². The minimum atomic E-state index is -0.774. The van der Waals surface area contributed by atoms with Gasteiger partial charge in [0, 0.05) is 29.1 Å². The van der Waals surface area contributed by atoms with Gasteiger partial charge in [-0.05, 0) is 73.0 Å². The monoisotopic (exact) mass is 464 g/mol. The summed E-state index contributed by atoms with van der Waals surface area (Å²) in [4.78, 5) is 18.5. The molecule has 0 unspecified atom stereocenters. The third-order valence-electron chi connectivity index (χ3n) is 6.37. The van der Waals surface area contributed by atoms with Gasteiger partial charge in [-0.25, -0.2) is 0 Å². The predicted octanol–water partition coefficient (Wildman–Crippen LogP) is 4.19. The number of hydrogen-bond acceptors (Lipinski definition) is 6. The molecule has 33 heavy (non-hydrogen) atoms. The van der Waals surface area contributed by atoms with Crippen molar-refractivity contribution in [2.45, 2.75) is 25.4 Å². The van der Waals surface area contributed by atoms with Crippen LogP contribution in [0.25, 0.3) is 10.9 Å². The number of methoxy groups -OCH3 is 1. The number of carbonyl (C=O) groups is 1. The van der Waals surface area contributed by atoms with Crippen LogP contribution in [0.4, 0.5) is 0 Å². The van der Waals surface area contributed by atoms with Gasteiger partial charge >= 0.3 is 5.97 Å². The highest BCUT2D eigenvalue weighted by Gasteiger charge is 2.34. The second-order valence-corrected chi connectivity index (χ2v) is 9.20. The molecule has 3 atom stereocenters. The summed E-state index contributed by atoms with van der Waals surface area (Å²) < 4.78 is 5.32. The first-order chi connectivity index (χ1) is 16.0. The molecule has 3 aromatic rings. The summed E-state index contributed by atoms with van der Waals surface area (Å²) in [6.45, 7) is 1.88. The van der Waals surface area contributed by atoms with Crippen LogP contribution in [0, 0.1) is 23.7 Å². The molecule has 0 bridgehead atoms. The maximum atomic E-state index is 12.0. The zero-order valence-electron chi connectivity index (χ0n) is 18.6. The fraction of sp³-hybridized carbons (Fsp3) is 0.385. The standard InChI is InChI=1S/C26H28N2O4S/c1-32-20-5-6-24-22(15-20)21(8-11-27-24)25(29)7-4-19-9-13-28(16-23(19)26(30)31)12-2-3-18-10-14-33-17-18/h5-6,8,10-11,14-15,17,19,23,25,29H,4,7,9,12-13,16H2,1H3,(H,30,31)/t19-,23+,25+/m1/s1. The molecule has 1 aromatic carbocycles. The van der Waals surface area contributed by atoms with E-state index in [-0.39, 0.29) is 5.92 Å². The highest BCUT2D eigenvalue weighted by molar-refractivity contribution is 7.08. The van der Waals surface area contributed by atoms with E-state index in [4.69, 9.17) is 4.74 Å². The molecule has 0 radical (unpaired) electrons. The van der Waals surface area contributed by atoms with Gasteiger partial charge in [-0.1, -0.05) is 11.8 Å². The fourth-order valence-electron chi connectivity index (χ4n) is 4.52. The number of benzene rings is 1. The normalized spacial score (nSPS) is 19.6. The largest absolute Gasteiger partial charge is 0.497 e. The number of aliphatic carboxylic acids is 1.